The van der Waals surface area contributed by atoms with Crippen molar-refractivity contribution in [3.05, 3.63) is 54.1 Å². The molecule has 1 amide bonds. The fraction of sp³-hybridized carbons (Fsp3) is 0. The van der Waals surface area contributed by atoms with Gasteiger partial charge in [0.1, 0.15) is 10.1 Å². The van der Waals surface area contributed by atoms with E-state index in [1.54, 1.807) is 24.3 Å². The summed E-state index contributed by atoms with van der Waals surface area (Å²) in [5.41, 5.74) is 0.623. The van der Waals surface area contributed by atoms with Gasteiger partial charge in [0, 0.05) is 10.8 Å². The van der Waals surface area contributed by atoms with Crippen LogP contribution in [0.25, 0.3) is 5.69 Å². The number of carbonyl (C=O) groups excluding carboxylic acids is 1. The van der Waals surface area contributed by atoms with Gasteiger partial charge < -0.3 is 22.5 Å². The molecule has 1 aromatic heterocycles. The molecule has 0 saturated heterocycles. The Morgan fingerprint density at radius 3 is 2.48 bits per heavy atom. The average molecular weight is 611 g/mol. The first-order valence-corrected chi connectivity index (χ1v) is 8.60. The predicted molar refractivity (Wildman–Crippen MR) is 87.1 cm³/mol. The third-order valence-electron chi connectivity index (χ3n) is 3.19. The molecule has 138 valence electrons. The SMILES string of the molecule is O=C(Nc1cccc(-n2nnnc2[S-])c1)c1ccccc1S(=O)(=O)[O-].[Au+].[K+]. The van der Waals surface area contributed by atoms with Crippen molar-refractivity contribution in [2.24, 2.45) is 0 Å². The second-order valence-electron chi connectivity index (χ2n) is 4.83. The summed E-state index contributed by atoms with van der Waals surface area (Å²) in [7, 11) is -4.78. The number of benzene rings is 2. The van der Waals surface area contributed by atoms with Crippen LogP contribution in [0.3, 0.4) is 0 Å². The number of anilines is 1. The number of amides is 1. The molecule has 0 saturated carbocycles. The van der Waals surface area contributed by atoms with Gasteiger partial charge in [-0.05, 0) is 40.8 Å². The molecule has 3 aromatic rings. The van der Waals surface area contributed by atoms with Crippen molar-refractivity contribution < 1.29 is 91.5 Å². The standard InChI is InChI=1S/C14H11N5O4S2.Au.K/c20-13(11-6-1-2-7-12(11)25(21,22)23)15-9-4-3-5-10(8-9)19-14(24)16-17-18-19;;/h1-8H,(H,15,20)(H,16,18,24)(H,21,22,23);;/q;2*+1/p-2. The Hall–Kier alpha value is -0.513. The van der Waals surface area contributed by atoms with Gasteiger partial charge in [0.2, 0.25) is 0 Å². The van der Waals surface area contributed by atoms with E-state index in [-0.39, 0.29) is 84.5 Å². The van der Waals surface area contributed by atoms with Crippen molar-refractivity contribution >= 4 is 34.3 Å². The van der Waals surface area contributed by atoms with Crippen molar-refractivity contribution in [3.63, 3.8) is 0 Å². The van der Waals surface area contributed by atoms with Crippen molar-refractivity contribution in [2.75, 3.05) is 5.32 Å². The Morgan fingerprint density at radius 1 is 1.15 bits per heavy atom. The molecule has 1 N–H and O–H groups in total. The number of aromatic nitrogens is 4. The van der Waals surface area contributed by atoms with E-state index < -0.39 is 20.9 Å². The number of carbonyl (C=O) groups is 1. The summed E-state index contributed by atoms with van der Waals surface area (Å²) in [6, 6.07) is 11.6. The number of tetrazole rings is 1. The summed E-state index contributed by atoms with van der Waals surface area (Å²) in [5.74, 6) is -0.734. The fourth-order valence-corrected chi connectivity index (χ4v) is 2.98. The molecule has 9 nitrogen and oxygen atoms in total. The van der Waals surface area contributed by atoms with Gasteiger partial charge in [-0.3, -0.25) is 4.79 Å². The Balaban J connectivity index is 0.00000182. The molecule has 0 atom stereocenters. The zero-order valence-electron chi connectivity index (χ0n) is 13.7. The molecule has 0 spiro atoms. The second kappa shape index (κ2) is 10.3. The van der Waals surface area contributed by atoms with Crippen LogP contribution in [0.1, 0.15) is 10.4 Å². The van der Waals surface area contributed by atoms with E-state index in [1.165, 1.54) is 22.9 Å². The molecule has 0 radical (unpaired) electrons. The summed E-state index contributed by atoms with van der Waals surface area (Å²) >= 11 is 4.97. The number of nitrogens with one attached hydrogen (secondary N) is 1. The maximum absolute atomic E-state index is 12.4. The van der Waals surface area contributed by atoms with Crippen LogP contribution in [0.2, 0.25) is 0 Å². The van der Waals surface area contributed by atoms with E-state index in [1.807, 2.05) is 0 Å². The molecule has 0 unspecified atom stereocenters. The predicted octanol–water partition coefficient (Wildman–Crippen LogP) is -2.27. The van der Waals surface area contributed by atoms with Gasteiger partial charge in [-0.25, -0.2) is 13.1 Å². The van der Waals surface area contributed by atoms with E-state index in [0.717, 1.165) is 6.07 Å². The number of rotatable bonds is 4. The summed E-state index contributed by atoms with van der Waals surface area (Å²) < 4.78 is 35.1. The van der Waals surface area contributed by atoms with Gasteiger partial charge in [0.15, 0.2) is 0 Å². The van der Waals surface area contributed by atoms with E-state index in [0.29, 0.717) is 11.4 Å². The molecule has 2 aromatic carbocycles. The van der Waals surface area contributed by atoms with E-state index in [4.69, 9.17) is 12.6 Å². The van der Waals surface area contributed by atoms with Crippen LogP contribution in [0.5, 0.6) is 0 Å². The molecule has 0 aliphatic rings. The molecule has 13 heteroatoms. The number of hydrogen-bond acceptors (Lipinski definition) is 8. The van der Waals surface area contributed by atoms with Crippen molar-refractivity contribution in [1.29, 1.82) is 0 Å². The minimum atomic E-state index is -4.78. The smallest absolute Gasteiger partial charge is 0.744 e. The third-order valence-corrected chi connectivity index (χ3v) is 4.34. The van der Waals surface area contributed by atoms with E-state index in [9.17, 15) is 17.8 Å². The van der Waals surface area contributed by atoms with Crippen molar-refractivity contribution in [1.82, 2.24) is 20.2 Å². The van der Waals surface area contributed by atoms with Gasteiger partial charge >= 0.3 is 73.8 Å². The summed E-state index contributed by atoms with van der Waals surface area (Å²) in [4.78, 5) is 11.8. The third kappa shape index (κ3) is 5.98. The first-order chi connectivity index (χ1) is 11.9. The first kappa shape index (κ1) is 24.5. The van der Waals surface area contributed by atoms with Crippen LogP contribution in [0.4, 0.5) is 5.69 Å². The summed E-state index contributed by atoms with van der Waals surface area (Å²) in [5, 5.41) is 13.5. The molecule has 27 heavy (non-hydrogen) atoms. The fourth-order valence-electron chi connectivity index (χ4n) is 2.13. The minimum Gasteiger partial charge on any atom is -0.744 e. The maximum atomic E-state index is 12.4. The average Bonchev–Trinajstić information content (AvgIpc) is 3.00. The van der Waals surface area contributed by atoms with E-state index >= 15 is 0 Å². The molecule has 0 aliphatic heterocycles. The van der Waals surface area contributed by atoms with Gasteiger partial charge in [0.05, 0.1) is 16.1 Å². The van der Waals surface area contributed by atoms with E-state index in [2.05, 4.69) is 20.8 Å². The molecule has 3 rings (SSSR count). The molecular weight excluding hydrogens is 602 g/mol. The first-order valence-electron chi connectivity index (χ1n) is 6.78. The number of hydrogen-bond donors (Lipinski definition) is 1. The van der Waals surface area contributed by atoms with Gasteiger partial charge in [-0.15, -0.1) is 5.10 Å². The van der Waals surface area contributed by atoms with Gasteiger partial charge in [0.25, 0.3) is 5.91 Å². The summed E-state index contributed by atoms with van der Waals surface area (Å²) in [6.07, 6.45) is 0. The Labute approximate surface area is 218 Å². The van der Waals surface area contributed by atoms with Crippen LogP contribution >= 0.6 is 0 Å². The van der Waals surface area contributed by atoms with Crippen LogP contribution in [0, 0.1) is 0 Å². The number of nitrogens with zero attached hydrogens (tertiary/aromatic N) is 4. The van der Waals surface area contributed by atoms with Crippen molar-refractivity contribution in [2.45, 2.75) is 10.1 Å². The van der Waals surface area contributed by atoms with Crippen molar-refractivity contribution in [3.8, 4) is 5.69 Å². The van der Waals surface area contributed by atoms with Crippen LogP contribution < -0.4 is 56.7 Å². The second-order valence-corrected chi connectivity index (χ2v) is 6.54. The Kier molecular flexibility index (Phi) is 9.37. The zero-order valence-corrected chi connectivity index (χ0v) is 20.6. The Morgan fingerprint density at radius 2 is 1.85 bits per heavy atom. The summed E-state index contributed by atoms with van der Waals surface area (Å²) in [6.45, 7) is 0. The minimum absolute atomic E-state index is 0. The zero-order chi connectivity index (χ0) is 18.0. The molecular formula is C14H9AuKN5O4S2. The largest absolute Gasteiger partial charge is 1.00 e. The quantitative estimate of drug-likeness (QED) is 0.199. The normalized spacial score (nSPS) is 10.4. The topological polar surface area (TPSA) is 130 Å². The monoisotopic (exact) mass is 611 g/mol. The van der Waals surface area contributed by atoms with Gasteiger partial charge in [-0.1, -0.05) is 18.2 Å². The maximum Gasteiger partial charge on any atom is 1.00 e. The van der Waals surface area contributed by atoms with Crippen LogP contribution in [-0.2, 0) is 45.1 Å². The van der Waals surface area contributed by atoms with Gasteiger partial charge in [-0.2, -0.15) is 0 Å². The van der Waals surface area contributed by atoms with Crippen LogP contribution in [-0.4, -0.2) is 39.1 Å². The Bertz CT molecular complexity index is 1060. The molecule has 1 heterocycles. The molecule has 0 aliphatic carbocycles. The molecule has 0 bridgehead atoms. The molecule has 0 fully saturated rings. The van der Waals surface area contributed by atoms with Crippen LogP contribution in [0.15, 0.2) is 58.6 Å².